The molecule has 2 heteroatoms. The van der Waals surface area contributed by atoms with Gasteiger partial charge >= 0.3 is 0 Å². The Kier molecular flexibility index (Phi) is 3.12. The van der Waals surface area contributed by atoms with Crippen molar-refractivity contribution in [2.24, 2.45) is 35.0 Å². The summed E-state index contributed by atoms with van der Waals surface area (Å²) in [6.07, 6.45) is 10.1. The molecule has 7 atom stereocenters. The molecule has 0 bridgehead atoms. The van der Waals surface area contributed by atoms with Crippen molar-refractivity contribution in [3.05, 3.63) is 11.6 Å². The highest BCUT2D eigenvalue weighted by molar-refractivity contribution is 5.93. The quantitative estimate of drug-likeness (QED) is 0.737. The second kappa shape index (κ2) is 4.68. The Balaban J connectivity index is 1.63. The molecular weight excluding hydrogens is 260 g/mol. The van der Waals surface area contributed by atoms with Crippen molar-refractivity contribution in [2.75, 3.05) is 0 Å². The highest BCUT2D eigenvalue weighted by atomic mass is 16.3. The summed E-state index contributed by atoms with van der Waals surface area (Å²) in [5, 5.41) is 10.4. The molecule has 0 aromatic carbocycles. The maximum atomic E-state index is 12.0. The molecule has 1 N–H and O–H groups in total. The van der Waals surface area contributed by atoms with Crippen LogP contribution in [0.4, 0.5) is 0 Å². The fraction of sp³-hybridized carbons (Fsp3) is 0.842. The third kappa shape index (κ3) is 1.91. The Morgan fingerprint density at radius 3 is 2.81 bits per heavy atom. The molecule has 0 radical (unpaired) electrons. The highest BCUT2D eigenvalue weighted by Crippen LogP contribution is 2.61. The van der Waals surface area contributed by atoms with Gasteiger partial charge in [0.2, 0.25) is 0 Å². The zero-order chi connectivity index (χ0) is 14.8. The van der Waals surface area contributed by atoms with Crippen LogP contribution in [-0.2, 0) is 4.79 Å². The minimum atomic E-state index is -0.0766. The minimum absolute atomic E-state index is 0.0766. The Labute approximate surface area is 128 Å². The Hall–Kier alpha value is -0.630. The van der Waals surface area contributed by atoms with E-state index in [1.54, 1.807) is 0 Å². The van der Waals surface area contributed by atoms with Crippen LogP contribution in [-0.4, -0.2) is 17.0 Å². The molecule has 0 aliphatic heterocycles. The number of aliphatic hydroxyl groups excluding tert-OH is 1. The van der Waals surface area contributed by atoms with Crippen molar-refractivity contribution in [1.82, 2.24) is 0 Å². The average Bonchev–Trinajstić information content (AvgIpc) is 2.76. The van der Waals surface area contributed by atoms with Crippen molar-refractivity contribution in [3.8, 4) is 0 Å². The lowest BCUT2D eigenvalue weighted by Crippen LogP contribution is -2.48. The number of aliphatic hydroxyl groups is 1. The summed E-state index contributed by atoms with van der Waals surface area (Å²) in [4.78, 5) is 12.0. The smallest absolute Gasteiger partial charge is 0.158 e. The number of fused-ring (bicyclic) bond motifs is 5. The van der Waals surface area contributed by atoms with Crippen LogP contribution in [0, 0.1) is 35.0 Å². The molecule has 0 saturated heterocycles. The van der Waals surface area contributed by atoms with Crippen molar-refractivity contribution in [3.63, 3.8) is 0 Å². The maximum absolute atomic E-state index is 12.0. The number of hydrogen-bond donors (Lipinski definition) is 1. The van der Waals surface area contributed by atoms with Crippen LogP contribution < -0.4 is 0 Å². The summed E-state index contributed by atoms with van der Waals surface area (Å²) in [6, 6.07) is 0. The molecule has 2 nitrogen and oxygen atoms in total. The van der Waals surface area contributed by atoms with Crippen LogP contribution >= 0.6 is 0 Å². The van der Waals surface area contributed by atoms with E-state index < -0.39 is 0 Å². The predicted octanol–water partition coefficient (Wildman–Crippen LogP) is 3.74. The van der Waals surface area contributed by atoms with Crippen molar-refractivity contribution < 1.29 is 9.90 Å². The number of rotatable bonds is 0. The van der Waals surface area contributed by atoms with Crippen LogP contribution in [0.2, 0.25) is 0 Å². The van der Waals surface area contributed by atoms with E-state index in [1.165, 1.54) is 31.3 Å². The Bertz CT molecular complexity index is 494. The molecule has 21 heavy (non-hydrogen) atoms. The first kappa shape index (κ1) is 14.0. The lowest BCUT2D eigenvalue weighted by molar-refractivity contribution is -0.119. The normalized spacial score (nSPS) is 52.7. The third-order valence-corrected chi connectivity index (χ3v) is 7.62. The van der Waals surface area contributed by atoms with Gasteiger partial charge in [-0.25, -0.2) is 0 Å². The molecule has 0 amide bonds. The number of hydrogen-bond acceptors (Lipinski definition) is 2. The van der Waals surface area contributed by atoms with Crippen molar-refractivity contribution in [1.29, 1.82) is 0 Å². The lowest BCUT2D eigenvalue weighted by Gasteiger charge is -2.53. The van der Waals surface area contributed by atoms with Crippen LogP contribution in [0.1, 0.15) is 58.8 Å². The molecule has 0 spiro atoms. The maximum Gasteiger partial charge on any atom is 0.158 e. The van der Waals surface area contributed by atoms with E-state index in [4.69, 9.17) is 0 Å². The molecule has 4 rings (SSSR count). The van der Waals surface area contributed by atoms with E-state index in [0.29, 0.717) is 11.7 Å². The first-order valence-electron chi connectivity index (χ1n) is 8.93. The second-order valence-electron chi connectivity index (χ2n) is 8.48. The van der Waals surface area contributed by atoms with Gasteiger partial charge in [-0.05, 0) is 80.1 Å². The summed E-state index contributed by atoms with van der Waals surface area (Å²) >= 11 is 0. The van der Waals surface area contributed by atoms with Gasteiger partial charge in [0.05, 0.1) is 6.10 Å². The zero-order valence-corrected chi connectivity index (χ0v) is 13.3. The van der Waals surface area contributed by atoms with E-state index in [0.717, 1.165) is 37.0 Å². The molecule has 4 aliphatic rings. The van der Waals surface area contributed by atoms with Gasteiger partial charge in [-0.2, -0.15) is 0 Å². The van der Waals surface area contributed by atoms with Gasteiger partial charge in [-0.3, -0.25) is 4.79 Å². The number of ketones is 1. The minimum Gasteiger partial charge on any atom is -0.393 e. The molecule has 116 valence electrons. The second-order valence-corrected chi connectivity index (χ2v) is 8.48. The van der Waals surface area contributed by atoms with Crippen LogP contribution in [0.15, 0.2) is 11.6 Å². The molecule has 0 aromatic rings. The van der Waals surface area contributed by atoms with Gasteiger partial charge in [-0.15, -0.1) is 0 Å². The van der Waals surface area contributed by atoms with Crippen molar-refractivity contribution >= 4 is 5.78 Å². The summed E-state index contributed by atoms with van der Waals surface area (Å²) in [5.74, 6) is 3.54. The van der Waals surface area contributed by atoms with Crippen LogP contribution in [0.25, 0.3) is 0 Å². The lowest BCUT2D eigenvalue weighted by atomic mass is 9.51. The predicted molar refractivity (Wildman–Crippen MR) is 82.6 cm³/mol. The molecule has 4 aliphatic carbocycles. The Morgan fingerprint density at radius 2 is 2.00 bits per heavy atom. The van der Waals surface area contributed by atoms with Crippen molar-refractivity contribution in [2.45, 2.75) is 64.9 Å². The van der Waals surface area contributed by atoms with E-state index in [9.17, 15) is 9.90 Å². The average molecular weight is 288 g/mol. The van der Waals surface area contributed by atoms with Gasteiger partial charge in [-0.1, -0.05) is 19.4 Å². The van der Waals surface area contributed by atoms with Gasteiger partial charge in [0.25, 0.3) is 0 Å². The fourth-order valence-corrected chi connectivity index (χ4v) is 6.33. The van der Waals surface area contributed by atoms with Gasteiger partial charge in [0, 0.05) is 5.92 Å². The van der Waals surface area contributed by atoms with Crippen LogP contribution in [0.3, 0.4) is 0 Å². The molecule has 0 heterocycles. The molecule has 3 fully saturated rings. The number of allylic oxidation sites excluding steroid dienone is 1. The molecule has 0 aromatic heterocycles. The zero-order valence-electron chi connectivity index (χ0n) is 13.3. The van der Waals surface area contributed by atoms with E-state index >= 15 is 0 Å². The van der Waals surface area contributed by atoms with Gasteiger partial charge in [0.15, 0.2) is 5.78 Å². The summed E-state index contributed by atoms with van der Waals surface area (Å²) in [5.41, 5.74) is 1.64. The third-order valence-electron chi connectivity index (χ3n) is 7.62. The summed E-state index contributed by atoms with van der Waals surface area (Å²) in [7, 11) is 0. The van der Waals surface area contributed by atoms with Crippen LogP contribution in [0.5, 0.6) is 0 Å². The fourth-order valence-electron chi connectivity index (χ4n) is 6.33. The van der Waals surface area contributed by atoms with Gasteiger partial charge in [0.1, 0.15) is 0 Å². The standard InChI is InChI=1S/C19H28O2/c1-11-9-15-12(10-17(11)20)3-4-14-13(15)7-8-19(2)16(14)5-6-18(19)21/h10-11,13-16,18,21H,3-9H2,1-2H3/t11?,13-,14+,15-,16-,18+,19-/m0/s1. The highest BCUT2D eigenvalue weighted by Gasteiger charge is 2.56. The molecule has 1 unspecified atom stereocenters. The number of carbonyl (C=O) groups excluding carboxylic acids is 1. The Morgan fingerprint density at radius 1 is 1.19 bits per heavy atom. The SMILES string of the molecule is CC1C[C@H]2C(=CC1=O)CC[C@@H]1[C@@H]2CC[C@]2(C)[C@H](O)CC[C@@H]12. The summed E-state index contributed by atoms with van der Waals surface area (Å²) in [6.45, 7) is 4.44. The van der Waals surface area contributed by atoms with E-state index in [2.05, 4.69) is 13.8 Å². The van der Waals surface area contributed by atoms with E-state index in [1.807, 2.05) is 6.08 Å². The topological polar surface area (TPSA) is 37.3 Å². The molecule has 3 saturated carbocycles. The number of carbonyl (C=O) groups is 1. The van der Waals surface area contributed by atoms with Gasteiger partial charge < -0.3 is 5.11 Å². The largest absolute Gasteiger partial charge is 0.393 e. The molecular formula is C19H28O2. The monoisotopic (exact) mass is 288 g/mol. The van der Waals surface area contributed by atoms with E-state index in [-0.39, 0.29) is 17.4 Å². The summed E-state index contributed by atoms with van der Waals surface area (Å²) < 4.78 is 0. The first-order chi connectivity index (χ1) is 10.0. The first-order valence-corrected chi connectivity index (χ1v) is 8.93.